The van der Waals surface area contributed by atoms with Crippen LogP contribution in [0.25, 0.3) is 0 Å². The van der Waals surface area contributed by atoms with E-state index >= 15 is 0 Å². The second kappa shape index (κ2) is 13.0. The van der Waals surface area contributed by atoms with Crippen molar-refractivity contribution in [1.29, 1.82) is 0 Å². The third kappa shape index (κ3) is 12.7. The summed E-state index contributed by atoms with van der Waals surface area (Å²) in [5.41, 5.74) is 10.7. The molecule has 0 saturated heterocycles. The summed E-state index contributed by atoms with van der Waals surface area (Å²) in [4.78, 5) is 4.40. The Morgan fingerprint density at radius 3 is 1.30 bits per heavy atom. The molecule has 0 amide bonds. The zero-order chi connectivity index (χ0) is 21.1. The van der Waals surface area contributed by atoms with Crippen molar-refractivity contribution in [2.45, 2.75) is 63.8 Å². The first-order valence-electron chi connectivity index (χ1n) is 10.0. The standard InChI is InChI=1S/C20H46N4O3/c1-19(2,26-11-9-21)13-17(23(5)6)15-25-16-18(24(7)8)14-20(3,4)27-12-10-22/h17-18H,9-16,21-22H2,1-8H3. The van der Waals surface area contributed by atoms with Gasteiger partial charge in [-0.3, -0.25) is 0 Å². The van der Waals surface area contributed by atoms with Crippen molar-refractivity contribution in [3.63, 3.8) is 0 Å². The quantitative estimate of drug-likeness (QED) is 0.409. The van der Waals surface area contributed by atoms with E-state index in [0.717, 1.165) is 12.8 Å². The van der Waals surface area contributed by atoms with Crippen LogP contribution in [0.3, 0.4) is 0 Å². The van der Waals surface area contributed by atoms with Crippen LogP contribution >= 0.6 is 0 Å². The van der Waals surface area contributed by atoms with Crippen LogP contribution < -0.4 is 11.5 Å². The molecule has 0 radical (unpaired) electrons. The second-order valence-electron chi connectivity index (χ2n) is 8.97. The zero-order valence-electron chi connectivity index (χ0n) is 19.1. The third-order valence-corrected chi connectivity index (χ3v) is 4.76. The molecule has 0 saturated carbocycles. The average molecular weight is 391 g/mol. The molecule has 0 aromatic carbocycles. The first kappa shape index (κ1) is 26.7. The van der Waals surface area contributed by atoms with Gasteiger partial charge in [0.2, 0.25) is 0 Å². The molecule has 0 aliphatic rings. The van der Waals surface area contributed by atoms with E-state index in [9.17, 15) is 0 Å². The van der Waals surface area contributed by atoms with Gasteiger partial charge in [0.25, 0.3) is 0 Å². The van der Waals surface area contributed by atoms with Crippen LogP contribution in [0.4, 0.5) is 0 Å². The maximum atomic E-state index is 6.14. The molecule has 4 N–H and O–H groups in total. The Labute approximate surface area is 167 Å². The molecule has 0 bridgehead atoms. The maximum absolute atomic E-state index is 6.14. The monoisotopic (exact) mass is 390 g/mol. The summed E-state index contributed by atoms with van der Waals surface area (Å²) in [6, 6.07) is 0.559. The van der Waals surface area contributed by atoms with Gasteiger partial charge in [-0.2, -0.15) is 0 Å². The van der Waals surface area contributed by atoms with E-state index in [4.69, 9.17) is 25.7 Å². The Hall–Kier alpha value is -0.280. The molecule has 0 aromatic heterocycles. The minimum Gasteiger partial charge on any atom is -0.378 e. The summed E-state index contributed by atoms with van der Waals surface area (Å²) in [5.74, 6) is 0. The van der Waals surface area contributed by atoms with Crippen LogP contribution in [0.5, 0.6) is 0 Å². The van der Waals surface area contributed by atoms with Crippen molar-refractivity contribution < 1.29 is 14.2 Å². The highest BCUT2D eigenvalue weighted by Crippen LogP contribution is 2.21. The summed E-state index contributed by atoms with van der Waals surface area (Å²) in [6.45, 7) is 12.0. The Morgan fingerprint density at radius 2 is 1.04 bits per heavy atom. The normalized spacial score (nSPS) is 15.6. The van der Waals surface area contributed by atoms with Crippen LogP contribution in [-0.2, 0) is 14.2 Å². The van der Waals surface area contributed by atoms with E-state index < -0.39 is 0 Å². The van der Waals surface area contributed by atoms with Gasteiger partial charge in [-0.05, 0) is 68.7 Å². The van der Waals surface area contributed by atoms with E-state index in [1.54, 1.807) is 0 Å². The number of nitrogens with two attached hydrogens (primary N) is 2. The molecule has 7 heteroatoms. The molecule has 0 fully saturated rings. The predicted octanol–water partition coefficient (Wildman–Crippen LogP) is 1.15. The molecule has 2 unspecified atom stereocenters. The highest BCUT2D eigenvalue weighted by atomic mass is 16.5. The average Bonchev–Trinajstić information content (AvgIpc) is 2.56. The fourth-order valence-electron chi connectivity index (χ4n) is 3.04. The van der Waals surface area contributed by atoms with E-state index in [1.807, 2.05) is 0 Å². The Morgan fingerprint density at radius 1 is 0.704 bits per heavy atom. The van der Waals surface area contributed by atoms with Crippen LogP contribution in [0.2, 0.25) is 0 Å². The van der Waals surface area contributed by atoms with Crippen LogP contribution in [0.15, 0.2) is 0 Å². The molecular formula is C20H46N4O3. The van der Waals surface area contributed by atoms with E-state index in [-0.39, 0.29) is 23.3 Å². The lowest BCUT2D eigenvalue weighted by Crippen LogP contribution is -2.44. The van der Waals surface area contributed by atoms with Gasteiger partial charge in [0.15, 0.2) is 0 Å². The van der Waals surface area contributed by atoms with Crippen molar-refractivity contribution in [2.24, 2.45) is 11.5 Å². The number of likely N-dealkylation sites (N-methyl/N-ethyl adjacent to an activating group) is 2. The van der Waals surface area contributed by atoms with Crippen molar-refractivity contribution in [2.75, 3.05) is 67.7 Å². The first-order valence-corrected chi connectivity index (χ1v) is 10.0. The first-order chi connectivity index (χ1) is 12.4. The summed E-state index contributed by atoms with van der Waals surface area (Å²) in [6.07, 6.45) is 1.77. The summed E-state index contributed by atoms with van der Waals surface area (Å²) < 4.78 is 17.9. The van der Waals surface area contributed by atoms with Crippen LogP contribution in [0, 0.1) is 0 Å². The van der Waals surface area contributed by atoms with Gasteiger partial charge < -0.3 is 35.5 Å². The van der Waals surface area contributed by atoms with Gasteiger partial charge in [0, 0.05) is 25.2 Å². The summed E-state index contributed by atoms with van der Waals surface area (Å²) >= 11 is 0. The van der Waals surface area contributed by atoms with Gasteiger partial charge in [-0.25, -0.2) is 0 Å². The maximum Gasteiger partial charge on any atom is 0.0642 e. The molecule has 0 aromatic rings. The second-order valence-corrected chi connectivity index (χ2v) is 8.97. The lowest BCUT2D eigenvalue weighted by molar-refractivity contribution is -0.0586. The predicted molar refractivity (Wildman–Crippen MR) is 113 cm³/mol. The van der Waals surface area contributed by atoms with E-state index in [1.165, 1.54) is 0 Å². The fourth-order valence-corrected chi connectivity index (χ4v) is 3.04. The molecule has 0 heterocycles. The fraction of sp³-hybridized carbons (Fsp3) is 1.00. The molecule has 0 rings (SSSR count). The Kier molecular flexibility index (Phi) is 12.9. The molecular weight excluding hydrogens is 344 g/mol. The molecule has 2 atom stereocenters. The minimum absolute atomic E-state index is 0.226. The zero-order valence-corrected chi connectivity index (χ0v) is 19.1. The van der Waals surface area contributed by atoms with Gasteiger partial charge >= 0.3 is 0 Å². The van der Waals surface area contributed by atoms with Crippen molar-refractivity contribution in [3.8, 4) is 0 Å². The van der Waals surface area contributed by atoms with Crippen LogP contribution in [0.1, 0.15) is 40.5 Å². The van der Waals surface area contributed by atoms with Crippen molar-refractivity contribution in [3.05, 3.63) is 0 Å². The largest absolute Gasteiger partial charge is 0.378 e. The number of rotatable bonds is 16. The summed E-state index contributed by atoms with van der Waals surface area (Å²) in [5, 5.41) is 0. The van der Waals surface area contributed by atoms with Gasteiger partial charge in [0.05, 0.1) is 37.6 Å². The number of nitrogens with zero attached hydrogens (tertiary/aromatic N) is 2. The number of hydrogen-bond acceptors (Lipinski definition) is 7. The summed E-state index contributed by atoms with van der Waals surface area (Å²) in [7, 11) is 8.33. The topological polar surface area (TPSA) is 86.2 Å². The lowest BCUT2D eigenvalue weighted by Gasteiger charge is -2.35. The molecule has 27 heavy (non-hydrogen) atoms. The van der Waals surface area contributed by atoms with Gasteiger partial charge in [0.1, 0.15) is 0 Å². The third-order valence-electron chi connectivity index (χ3n) is 4.76. The smallest absolute Gasteiger partial charge is 0.0642 e. The van der Waals surface area contributed by atoms with E-state index in [0.29, 0.717) is 39.5 Å². The highest BCUT2D eigenvalue weighted by Gasteiger charge is 2.28. The van der Waals surface area contributed by atoms with Crippen molar-refractivity contribution in [1.82, 2.24) is 9.80 Å². The van der Waals surface area contributed by atoms with Crippen LogP contribution in [-0.4, -0.2) is 101 Å². The molecule has 7 nitrogen and oxygen atoms in total. The lowest BCUT2D eigenvalue weighted by atomic mass is 9.97. The van der Waals surface area contributed by atoms with Gasteiger partial charge in [-0.1, -0.05) is 0 Å². The molecule has 0 aliphatic heterocycles. The van der Waals surface area contributed by atoms with E-state index in [2.05, 4.69) is 65.7 Å². The SMILES string of the molecule is CN(C)C(COCC(CC(C)(C)OCCN)N(C)C)CC(C)(C)OCCN. The molecule has 164 valence electrons. The highest BCUT2D eigenvalue weighted by molar-refractivity contribution is 4.81. The molecule has 0 aliphatic carbocycles. The van der Waals surface area contributed by atoms with Crippen molar-refractivity contribution >= 4 is 0 Å². The Balaban J connectivity index is 4.63. The molecule has 0 spiro atoms. The van der Waals surface area contributed by atoms with Gasteiger partial charge in [-0.15, -0.1) is 0 Å². The number of hydrogen-bond donors (Lipinski definition) is 2. The minimum atomic E-state index is -0.226. The Bertz CT molecular complexity index is 342. The number of ether oxygens (including phenoxy) is 3.